The van der Waals surface area contributed by atoms with Gasteiger partial charge in [0.15, 0.2) is 0 Å². The van der Waals surface area contributed by atoms with Crippen molar-refractivity contribution in [3.05, 3.63) is 28.2 Å². The summed E-state index contributed by atoms with van der Waals surface area (Å²) in [6.07, 6.45) is 0. The van der Waals surface area contributed by atoms with E-state index in [0.717, 1.165) is 0 Å². The van der Waals surface area contributed by atoms with Gasteiger partial charge in [0.25, 0.3) is 5.56 Å². The monoisotopic (exact) mass is 164 g/mol. The van der Waals surface area contributed by atoms with E-state index < -0.39 is 5.97 Å². The Morgan fingerprint density at radius 3 is 2.83 bits per heavy atom. The molecule has 0 atom stereocenters. The van der Waals surface area contributed by atoms with Gasteiger partial charge in [-0.2, -0.15) is 5.10 Å². The van der Waals surface area contributed by atoms with E-state index in [1.165, 1.54) is 12.1 Å². The largest absolute Gasteiger partial charge is 0.472 e. The van der Waals surface area contributed by atoms with E-state index in [1.807, 2.05) is 5.92 Å². The quantitative estimate of drug-likeness (QED) is 0.492. The smallest absolute Gasteiger partial charge is 0.382 e. The second-order valence-electron chi connectivity index (χ2n) is 1.86. The molecule has 0 saturated carbocycles. The zero-order valence-corrected chi connectivity index (χ0v) is 5.87. The van der Waals surface area contributed by atoms with Gasteiger partial charge in [-0.15, -0.1) is 0 Å². The van der Waals surface area contributed by atoms with Gasteiger partial charge >= 0.3 is 5.97 Å². The maximum Gasteiger partial charge on any atom is 0.382 e. The fraction of sp³-hybridized carbons (Fsp3) is 0. The highest BCUT2D eigenvalue weighted by molar-refractivity contribution is 5.87. The molecule has 1 aromatic rings. The Bertz CT molecular complexity index is 390. The standard InChI is InChI=1S/C7H4N2O3/c10-6-3-1-5(8-9-6)2-4-7(11)12/h1,3H,(H,9,10)(H,11,12). The normalized spacial score (nSPS) is 8.33. The Labute approximate surface area is 67.1 Å². The van der Waals surface area contributed by atoms with Crippen molar-refractivity contribution >= 4 is 5.97 Å². The summed E-state index contributed by atoms with van der Waals surface area (Å²) in [5, 5.41) is 13.8. The molecule has 0 radical (unpaired) electrons. The maximum absolute atomic E-state index is 10.5. The first-order valence-corrected chi connectivity index (χ1v) is 2.99. The van der Waals surface area contributed by atoms with E-state index >= 15 is 0 Å². The highest BCUT2D eigenvalue weighted by atomic mass is 16.4. The summed E-state index contributed by atoms with van der Waals surface area (Å²) < 4.78 is 0. The van der Waals surface area contributed by atoms with Crippen molar-refractivity contribution in [2.24, 2.45) is 0 Å². The van der Waals surface area contributed by atoms with Crippen molar-refractivity contribution in [3.8, 4) is 11.8 Å². The third-order valence-electron chi connectivity index (χ3n) is 0.977. The van der Waals surface area contributed by atoms with Crippen LogP contribution in [-0.4, -0.2) is 21.3 Å². The number of H-pyrrole nitrogens is 1. The van der Waals surface area contributed by atoms with Gasteiger partial charge in [0, 0.05) is 12.0 Å². The molecule has 0 aliphatic heterocycles. The third-order valence-corrected chi connectivity index (χ3v) is 0.977. The first-order chi connectivity index (χ1) is 5.68. The van der Waals surface area contributed by atoms with E-state index in [2.05, 4.69) is 16.1 Å². The Morgan fingerprint density at radius 1 is 1.58 bits per heavy atom. The minimum atomic E-state index is -1.23. The van der Waals surface area contributed by atoms with Crippen LogP contribution in [0, 0.1) is 11.8 Å². The lowest BCUT2D eigenvalue weighted by atomic mass is 10.4. The molecule has 1 heterocycles. The van der Waals surface area contributed by atoms with Crippen LogP contribution >= 0.6 is 0 Å². The Morgan fingerprint density at radius 2 is 2.33 bits per heavy atom. The zero-order valence-electron chi connectivity index (χ0n) is 5.87. The topological polar surface area (TPSA) is 83.0 Å². The molecule has 0 spiro atoms. The van der Waals surface area contributed by atoms with Crippen LogP contribution in [0.3, 0.4) is 0 Å². The summed E-state index contributed by atoms with van der Waals surface area (Å²) in [4.78, 5) is 20.4. The minimum absolute atomic E-state index is 0.219. The van der Waals surface area contributed by atoms with Crippen molar-refractivity contribution in [2.45, 2.75) is 0 Å². The van der Waals surface area contributed by atoms with Crippen molar-refractivity contribution in [1.82, 2.24) is 10.2 Å². The van der Waals surface area contributed by atoms with E-state index in [9.17, 15) is 9.59 Å². The van der Waals surface area contributed by atoms with E-state index in [4.69, 9.17) is 5.11 Å². The number of hydrogen-bond donors (Lipinski definition) is 2. The predicted octanol–water partition coefficient (Wildman–Crippen LogP) is -0.794. The van der Waals surface area contributed by atoms with Gasteiger partial charge in [0.2, 0.25) is 0 Å². The van der Waals surface area contributed by atoms with Crippen molar-refractivity contribution in [2.75, 3.05) is 0 Å². The third kappa shape index (κ3) is 2.27. The summed E-state index contributed by atoms with van der Waals surface area (Å²) in [6.45, 7) is 0. The number of carboxylic acids is 1. The lowest BCUT2D eigenvalue weighted by Gasteiger charge is -1.83. The number of carbonyl (C=O) groups is 1. The molecule has 0 unspecified atom stereocenters. The van der Waals surface area contributed by atoms with Gasteiger partial charge in [-0.3, -0.25) is 4.79 Å². The van der Waals surface area contributed by atoms with Crippen LogP contribution in [-0.2, 0) is 4.79 Å². The van der Waals surface area contributed by atoms with Crippen molar-refractivity contribution in [3.63, 3.8) is 0 Å². The summed E-state index contributed by atoms with van der Waals surface area (Å²) >= 11 is 0. The Balaban J connectivity index is 2.94. The summed E-state index contributed by atoms with van der Waals surface area (Å²) in [5.41, 5.74) is -0.132. The summed E-state index contributed by atoms with van der Waals surface area (Å²) in [7, 11) is 0. The number of hydrogen-bond acceptors (Lipinski definition) is 3. The molecule has 0 bridgehead atoms. The van der Waals surface area contributed by atoms with Crippen molar-refractivity contribution in [1.29, 1.82) is 0 Å². The van der Waals surface area contributed by atoms with Crippen LogP contribution in [0.2, 0.25) is 0 Å². The molecule has 0 saturated heterocycles. The second kappa shape index (κ2) is 3.34. The van der Waals surface area contributed by atoms with Crippen LogP contribution in [0.5, 0.6) is 0 Å². The van der Waals surface area contributed by atoms with Gasteiger partial charge in [-0.05, 0) is 12.0 Å². The number of nitrogens with zero attached hydrogens (tertiary/aromatic N) is 1. The highest BCUT2D eigenvalue weighted by Crippen LogP contribution is 1.82. The van der Waals surface area contributed by atoms with E-state index in [0.29, 0.717) is 0 Å². The SMILES string of the molecule is O=C(O)C#Cc1ccc(=O)[nH]n1. The van der Waals surface area contributed by atoms with Crippen LogP contribution in [0.1, 0.15) is 5.69 Å². The number of nitrogens with one attached hydrogen (secondary N) is 1. The molecule has 0 aliphatic carbocycles. The van der Waals surface area contributed by atoms with Crippen LogP contribution < -0.4 is 5.56 Å². The molecule has 0 fully saturated rings. The first kappa shape index (κ1) is 8.01. The lowest BCUT2D eigenvalue weighted by Crippen LogP contribution is -2.05. The van der Waals surface area contributed by atoms with Gasteiger partial charge in [0.1, 0.15) is 5.69 Å². The van der Waals surface area contributed by atoms with Crippen LogP contribution in [0.4, 0.5) is 0 Å². The molecular formula is C7H4N2O3. The number of aliphatic carboxylic acids is 1. The zero-order chi connectivity index (χ0) is 8.97. The predicted molar refractivity (Wildman–Crippen MR) is 39.4 cm³/mol. The summed E-state index contributed by atoms with van der Waals surface area (Å²) in [6, 6.07) is 2.56. The van der Waals surface area contributed by atoms with E-state index in [1.54, 1.807) is 0 Å². The first-order valence-electron chi connectivity index (χ1n) is 2.99. The van der Waals surface area contributed by atoms with Crippen molar-refractivity contribution < 1.29 is 9.90 Å². The molecule has 1 rings (SSSR count). The lowest BCUT2D eigenvalue weighted by molar-refractivity contribution is -0.130. The number of aromatic amines is 1. The van der Waals surface area contributed by atoms with Gasteiger partial charge in [-0.1, -0.05) is 0 Å². The molecule has 1 aromatic heterocycles. The molecule has 60 valence electrons. The molecule has 5 nitrogen and oxygen atoms in total. The molecular weight excluding hydrogens is 160 g/mol. The van der Waals surface area contributed by atoms with Crippen LogP contribution in [0.15, 0.2) is 16.9 Å². The Hall–Kier alpha value is -2.09. The molecule has 2 N–H and O–H groups in total. The fourth-order valence-electron chi connectivity index (χ4n) is 0.532. The van der Waals surface area contributed by atoms with Gasteiger partial charge in [-0.25, -0.2) is 9.89 Å². The number of rotatable bonds is 0. The molecule has 0 amide bonds. The fourth-order valence-corrected chi connectivity index (χ4v) is 0.532. The Kier molecular flexibility index (Phi) is 2.23. The average molecular weight is 164 g/mol. The molecule has 0 aliphatic rings. The molecule has 5 heteroatoms. The van der Waals surface area contributed by atoms with Gasteiger partial charge in [0.05, 0.1) is 0 Å². The molecule has 0 aromatic carbocycles. The highest BCUT2D eigenvalue weighted by Gasteiger charge is 1.88. The number of carboxylic acid groups (broad SMARTS) is 1. The average Bonchev–Trinajstić information content (AvgIpc) is 2.03. The van der Waals surface area contributed by atoms with Crippen LogP contribution in [0.25, 0.3) is 0 Å². The van der Waals surface area contributed by atoms with Gasteiger partial charge < -0.3 is 5.11 Å². The maximum atomic E-state index is 10.5. The summed E-state index contributed by atoms with van der Waals surface area (Å²) in [5.74, 6) is 2.87. The van der Waals surface area contributed by atoms with E-state index in [-0.39, 0.29) is 11.3 Å². The number of aromatic nitrogens is 2. The molecule has 12 heavy (non-hydrogen) atoms. The second-order valence-corrected chi connectivity index (χ2v) is 1.86. The minimum Gasteiger partial charge on any atom is -0.472 e.